The second-order valence-electron chi connectivity index (χ2n) is 3.00. The predicted molar refractivity (Wildman–Crippen MR) is 38.7 cm³/mol. The summed E-state index contributed by atoms with van der Waals surface area (Å²) >= 11 is 0. The molecule has 1 aromatic heterocycles. The molecule has 0 atom stereocenters. The monoisotopic (exact) mass is 153 g/mol. The van der Waals surface area contributed by atoms with Gasteiger partial charge < -0.3 is 9.67 Å². The number of hydrogen-bond donors (Lipinski definition) is 1. The van der Waals surface area contributed by atoms with Crippen LogP contribution in [0.3, 0.4) is 0 Å². The molecule has 1 heterocycles. The molecule has 0 aromatic carbocycles. The van der Waals surface area contributed by atoms with E-state index in [4.69, 9.17) is 5.11 Å². The van der Waals surface area contributed by atoms with Gasteiger partial charge >= 0.3 is 0 Å². The first-order valence-corrected chi connectivity index (χ1v) is 3.87. The molecule has 60 valence electrons. The number of aliphatic hydroxyl groups is 1. The van der Waals surface area contributed by atoms with Gasteiger partial charge in [0.1, 0.15) is 12.9 Å². The van der Waals surface area contributed by atoms with E-state index in [2.05, 4.69) is 10.2 Å². The third-order valence-electron chi connectivity index (χ3n) is 1.99. The first kappa shape index (κ1) is 6.79. The summed E-state index contributed by atoms with van der Waals surface area (Å²) in [6.07, 6.45) is 4.30. The minimum Gasteiger partial charge on any atom is -0.388 e. The minimum absolute atomic E-state index is 0.00722. The van der Waals surface area contributed by atoms with Crippen molar-refractivity contribution >= 4 is 0 Å². The van der Waals surface area contributed by atoms with Gasteiger partial charge in [-0.25, -0.2) is 0 Å². The standard InChI is InChI=1S/C7H11N3O/c11-4-7-9-8-5-10(7)3-6-1-2-6/h5-6,11H,1-4H2. The summed E-state index contributed by atoms with van der Waals surface area (Å²) in [6, 6.07) is 0. The van der Waals surface area contributed by atoms with Gasteiger partial charge in [0.05, 0.1) is 0 Å². The molecule has 2 rings (SSSR count). The molecular weight excluding hydrogens is 142 g/mol. The van der Waals surface area contributed by atoms with Gasteiger partial charge in [0, 0.05) is 6.54 Å². The van der Waals surface area contributed by atoms with Crippen molar-refractivity contribution in [2.45, 2.75) is 26.0 Å². The van der Waals surface area contributed by atoms with Crippen molar-refractivity contribution in [1.82, 2.24) is 14.8 Å². The molecular formula is C7H11N3O. The Morgan fingerprint density at radius 1 is 1.64 bits per heavy atom. The van der Waals surface area contributed by atoms with Crippen LogP contribution in [-0.4, -0.2) is 19.9 Å². The van der Waals surface area contributed by atoms with Crippen LogP contribution in [0, 0.1) is 5.92 Å². The van der Waals surface area contributed by atoms with Gasteiger partial charge in [-0.3, -0.25) is 0 Å². The summed E-state index contributed by atoms with van der Waals surface area (Å²) in [5, 5.41) is 16.3. The van der Waals surface area contributed by atoms with Crippen LogP contribution in [0.2, 0.25) is 0 Å². The molecule has 0 amide bonds. The molecule has 0 spiro atoms. The molecule has 0 unspecified atom stereocenters. The normalized spacial score (nSPS) is 17.2. The number of rotatable bonds is 3. The van der Waals surface area contributed by atoms with E-state index in [0.717, 1.165) is 12.5 Å². The van der Waals surface area contributed by atoms with Crippen molar-refractivity contribution in [3.8, 4) is 0 Å². The lowest BCUT2D eigenvalue weighted by Gasteiger charge is -2.01. The Balaban J connectivity index is 2.07. The van der Waals surface area contributed by atoms with E-state index < -0.39 is 0 Å². The molecule has 1 N–H and O–H groups in total. The molecule has 0 saturated heterocycles. The molecule has 1 fully saturated rings. The zero-order chi connectivity index (χ0) is 7.68. The van der Waals surface area contributed by atoms with E-state index in [0.29, 0.717) is 5.82 Å². The summed E-state index contributed by atoms with van der Waals surface area (Å²) in [7, 11) is 0. The van der Waals surface area contributed by atoms with Gasteiger partial charge in [0.25, 0.3) is 0 Å². The summed E-state index contributed by atoms with van der Waals surface area (Å²) in [6.45, 7) is 0.968. The average molecular weight is 153 g/mol. The molecule has 1 aliphatic rings. The van der Waals surface area contributed by atoms with E-state index in [-0.39, 0.29) is 6.61 Å². The van der Waals surface area contributed by atoms with Crippen LogP contribution in [0.15, 0.2) is 6.33 Å². The van der Waals surface area contributed by atoms with Gasteiger partial charge in [0.15, 0.2) is 5.82 Å². The SMILES string of the molecule is OCc1nncn1CC1CC1. The topological polar surface area (TPSA) is 50.9 Å². The van der Waals surface area contributed by atoms with Crippen LogP contribution < -0.4 is 0 Å². The summed E-state index contributed by atoms with van der Waals surface area (Å²) < 4.78 is 1.93. The lowest BCUT2D eigenvalue weighted by Crippen LogP contribution is -2.03. The second-order valence-corrected chi connectivity index (χ2v) is 3.00. The summed E-state index contributed by atoms with van der Waals surface area (Å²) in [5.74, 6) is 1.48. The number of aliphatic hydroxyl groups excluding tert-OH is 1. The summed E-state index contributed by atoms with van der Waals surface area (Å²) in [5.41, 5.74) is 0. The Kier molecular flexibility index (Phi) is 1.62. The number of nitrogens with zero attached hydrogens (tertiary/aromatic N) is 3. The van der Waals surface area contributed by atoms with Crippen LogP contribution in [0.4, 0.5) is 0 Å². The maximum absolute atomic E-state index is 8.82. The second kappa shape index (κ2) is 2.62. The van der Waals surface area contributed by atoms with Crippen molar-refractivity contribution in [2.75, 3.05) is 0 Å². The highest BCUT2D eigenvalue weighted by Crippen LogP contribution is 2.30. The number of hydrogen-bond acceptors (Lipinski definition) is 3. The van der Waals surface area contributed by atoms with Crippen molar-refractivity contribution < 1.29 is 5.11 Å². The zero-order valence-corrected chi connectivity index (χ0v) is 6.27. The van der Waals surface area contributed by atoms with Gasteiger partial charge in [-0.05, 0) is 18.8 Å². The highest BCUT2D eigenvalue weighted by atomic mass is 16.3. The molecule has 0 aliphatic heterocycles. The van der Waals surface area contributed by atoms with E-state index >= 15 is 0 Å². The molecule has 1 saturated carbocycles. The van der Waals surface area contributed by atoms with Crippen LogP contribution in [0.5, 0.6) is 0 Å². The van der Waals surface area contributed by atoms with Crippen LogP contribution in [0.1, 0.15) is 18.7 Å². The van der Waals surface area contributed by atoms with Crippen molar-refractivity contribution in [3.63, 3.8) is 0 Å². The maximum Gasteiger partial charge on any atom is 0.158 e. The Morgan fingerprint density at radius 3 is 3.09 bits per heavy atom. The highest BCUT2D eigenvalue weighted by Gasteiger charge is 2.22. The summed E-state index contributed by atoms with van der Waals surface area (Å²) in [4.78, 5) is 0. The van der Waals surface area contributed by atoms with Gasteiger partial charge in [0.2, 0.25) is 0 Å². The smallest absolute Gasteiger partial charge is 0.158 e. The molecule has 1 aliphatic carbocycles. The Labute approximate surface area is 64.9 Å². The molecule has 1 aromatic rings. The minimum atomic E-state index is -0.00722. The molecule has 0 radical (unpaired) electrons. The third kappa shape index (κ3) is 1.40. The van der Waals surface area contributed by atoms with E-state index in [1.54, 1.807) is 6.33 Å². The molecule has 0 bridgehead atoms. The van der Waals surface area contributed by atoms with Crippen molar-refractivity contribution in [3.05, 3.63) is 12.2 Å². The van der Waals surface area contributed by atoms with Crippen molar-refractivity contribution in [1.29, 1.82) is 0 Å². The van der Waals surface area contributed by atoms with Gasteiger partial charge in [-0.2, -0.15) is 0 Å². The van der Waals surface area contributed by atoms with Crippen LogP contribution in [0.25, 0.3) is 0 Å². The van der Waals surface area contributed by atoms with Gasteiger partial charge in [-0.15, -0.1) is 10.2 Å². The zero-order valence-electron chi connectivity index (χ0n) is 6.27. The van der Waals surface area contributed by atoms with E-state index in [1.165, 1.54) is 12.8 Å². The fourth-order valence-electron chi connectivity index (χ4n) is 1.13. The first-order chi connectivity index (χ1) is 5.40. The van der Waals surface area contributed by atoms with E-state index in [9.17, 15) is 0 Å². The van der Waals surface area contributed by atoms with Crippen molar-refractivity contribution in [2.24, 2.45) is 5.92 Å². The lowest BCUT2D eigenvalue weighted by molar-refractivity contribution is 0.263. The first-order valence-electron chi connectivity index (χ1n) is 3.87. The lowest BCUT2D eigenvalue weighted by atomic mass is 10.4. The highest BCUT2D eigenvalue weighted by molar-refractivity contribution is 4.85. The van der Waals surface area contributed by atoms with Crippen LogP contribution >= 0.6 is 0 Å². The fraction of sp³-hybridized carbons (Fsp3) is 0.714. The maximum atomic E-state index is 8.82. The predicted octanol–water partition coefficient (Wildman–Crippen LogP) is 0.180. The van der Waals surface area contributed by atoms with E-state index in [1.807, 2.05) is 4.57 Å². The van der Waals surface area contributed by atoms with Gasteiger partial charge in [-0.1, -0.05) is 0 Å². The fourth-order valence-corrected chi connectivity index (χ4v) is 1.13. The quantitative estimate of drug-likeness (QED) is 0.674. The average Bonchev–Trinajstić information content (AvgIpc) is 2.68. The largest absolute Gasteiger partial charge is 0.388 e. The molecule has 4 nitrogen and oxygen atoms in total. The Hall–Kier alpha value is -0.900. The Morgan fingerprint density at radius 2 is 2.45 bits per heavy atom. The number of aromatic nitrogens is 3. The Bertz CT molecular complexity index is 242. The molecule has 4 heteroatoms. The van der Waals surface area contributed by atoms with Crippen LogP contribution in [-0.2, 0) is 13.2 Å². The molecule has 11 heavy (non-hydrogen) atoms. The third-order valence-corrected chi connectivity index (χ3v) is 1.99.